The minimum absolute atomic E-state index is 0.639. The van der Waals surface area contributed by atoms with Crippen molar-refractivity contribution in [1.82, 2.24) is 4.98 Å². The predicted molar refractivity (Wildman–Crippen MR) is 84.5 cm³/mol. The van der Waals surface area contributed by atoms with Crippen molar-refractivity contribution >= 4 is 32.5 Å². The molecule has 0 saturated heterocycles. The molecule has 0 atom stereocenters. The maximum Gasteiger partial charge on any atom is 0.101 e. The van der Waals surface area contributed by atoms with Crippen LogP contribution in [0.1, 0.15) is 11.1 Å². The molecule has 0 spiro atoms. The maximum absolute atomic E-state index is 9.14. The number of hydrogen-bond acceptors (Lipinski definition) is 2. The molecule has 20 heavy (non-hydrogen) atoms. The zero-order valence-electron chi connectivity index (χ0n) is 10.7. The summed E-state index contributed by atoms with van der Waals surface area (Å²) in [6, 6.07) is 16.2. The van der Waals surface area contributed by atoms with E-state index in [1.807, 2.05) is 24.4 Å². The van der Waals surface area contributed by atoms with Gasteiger partial charge in [-0.25, -0.2) is 0 Å². The van der Waals surface area contributed by atoms with E-state index >= 15 is 0 Å². The molecule has 3 aromatic rings. The normalized spacial score (nSPS) is 10.4. The van der Waals surface area contributed by atoms with Gasteiger partial charge >= 0.3 is 0 Å². The lowest BCUT2D eigenvalue weighted by molar-refractivity contribution is 1.15. The zero-order chi connectivity index (χ0) is 13.9. The summed E-state index contributed by atoms with van der Waals surface area (Å²) >= 11 is 3.37. The van der Waals surface area contributed by atoms with Crippen molar-refractivity contribution in [2.24, 2.45) is 0 Å². The first-order valence-corrected chi connectivity index (χ1v) is 7.05. The topological polar surface area (TPSA) is 51.6 Å². The Labute approximate surface area is 125 Å². The van der Waals surface area contributed by atoms with Gasteiger partial charge in [-0.2, -0.15) is 5.26 Å². The van der Waals surface area contributed by atoms with Crippen LogP contribution in [0.5, 0.6) is 0 Å². The fourth-order valence-corrected chi connectivity index (χ4v) is 2.53. The Kier molecular flexibility index (Phi) is 3.44. The van der Waals surface area contributed by atoms with Gasteiger partial charge in [0.15, 0.2) is 0 Å². The fourth-order valence-electron chi connectivity index (χ4n) is 2.17. The molecule has 2 N–H and O–H groups in total. The average molecular weight is 326 g/mol. The predicted octanol–water partition coefficient (Wildman–Crippen LogP) is 4.41. The van der Waals surface area contributed by atoms with Gasteiger partial charge in [-0.1, -0.05) is 28.1 Å². The number of aromatic nitrogens is 1. The number of aromatic amines is 1. The second-order valence-electron chi connectivity index (χ2n) is 4.55. The monoisotopic (exact) mass is 325 g/mol. The molecule has 2 aromatic carbocycles. The third kappa shape index (κ3) is 2.54. The number of H-pyrrole nitrogens is 1. The van der Waals surface area contributed by atoms with Crippen LogP contribution in [0, 0.1) is 11.3 Å². The zero-order valence-corrected chi connectivity index (χ0v) is 12.2. The van der Waals surface area contributed by atoms with Gasteiger partial charge in [0.25, 0.3) is 0 Å². The highest BCUT2D eigenvalue weighted by atomic mass is 79.9. The molecular weight excluding hydrogens is 314 g/mol. The molecule has 98 valence electrons. The number of anilines is 1. The molecular formula is C16H12BrN3. The van der Waals surface area contributed by atoms with Gasteiger partial charge in [0.1, 0.15) is 6.07 Å². The summed E-state index contributed by atoms with van der Waals surface area (Å²) in [6.45, 7) is 0.686. The van der Waals surface area contributed by atoms with Crippen LogP contribution in [0.25, 0.3) is 10.9 Å². The second kappa shape index (κ2) is 5.40. The largest absolute Gasteiger partial charge is 0.380 e. The number of rotatable bonds is 3. The van der Waals surface area contributed by atoms with E-state index in [1.54, 1.807) is 0 Å². The molecule has 0 aliphatic heterocycles. The van der Waals surface area contributed by atoms with Gasteiger partial charge in [0.05, 0.1) is 11.3 Å². The first-order chi connectivity index (χ1) is 9.76. The minimum atomic E-state index is 0.639. The van der Waals surface area contributed by atoms with E-state index in [0.29, 0.717) is 12.1 Å². The van der Waals surface area contributed by atoms with Crippen molar-refractivity contribution in [3.05, 3.63) is 64.3 Å². The van der Waals surface area contributed by atoms with Crippen molar-refractivity contribution < 1.29 is 0 Å². The van der Waals surface area contributed by atoms with Crippen molar-refractivity contribution in [2.45, 2.75) is 6.54 Å². The van der Waals surface area contributed by atoms with E-state index in [-0.39, 0.29) is 0 Å². The van der Waals surface area contributed by atoms with Gasteiger partial charge in [0, 0.05) is 22.7 Å². The van der Waals surface area contributed by atoms with Gasteiger partial charge < -0.3 is 10.3 Å². The van der Waals surface area contributed by atoms with E-state index in [4.69, 9.17) is 5.26 Å². The summed E-state index contributed by atoms with van der Waals surface area (Å²) in [4.78, 5) is 3.20. The van der Waals surface area contributed by atoms with E-state index in [2.05, 4.69) is 56.6 Å². The highest BCUT2D eigenvalue weighted by Gasteiger charge is 2.03. The van der Waals surface area contributed by atoms with Crippen LogP contribution in [0.2, 0.25) is 0 Å². The molecule has 0 amide bonds. The standard InChI is InChI=1S/C16H12BrN3/c17-14-3-4-15(13(8-14)9-18)20-10-11-1-2-12-5-6-19-16(12)7-11/h1-8,19-20H,10H2. The molecule has 1 heterocycles. The Balaban J connectivity index is 1.80. The molecule has 0 saturated carbocycles. The average Bonchev–Trinajstić information content (AvgIpc) is 2.93. The van der Waals surface area contributed by atoms with Crippen molar-refractivity contribution in [1.29, 1.82) is 5.26 Å². The Morgan fingerprint density at radius 2 is 2.05 bits per heavy atom. The summed E-state index contributed by atoms with van der Waals surface area (Å²) in [7, 11) is 0. The van der Waals surface area contributed by atoms with E-state index in [0.717, 1.165) is 15.7 Å². The van der Waals surface area contributed by atoms with Crippen LogP contribution in [0.15, 0.2) is 53.1 Å². The molecule has 4 heteroatoms. The molecule has 0 radical (unpaired) electrons. The molecule has 0 aliphatic carbocycles. The van der Waals surface area contributed by atoms with Gasteiger partial charge in [-0.15, -0.1) is 0 Å². The van der Waals surface area contributed by atoms with E-state index < -0.39 is 0 Å². The minimum Gasteiger partial charge on any atom is -0.380 e. The van der Waals surface area contributed by atoms with Gasteiger partial charge in [-0.3, -0.25) is 0 Å². The van der Waals surface area contributed by atoms with Gasteiger partial charge in [0.2, 0.25) is 0 Å². The molecule has 3 nitrogen and oxygen atoms in total. The van der Waals surface area contributed by atoms with Crippen LogP contribution in [0.3, 0.4) is 0 Å². The highest BCUT2D eigenvalue weighted by molar-refractivity contribution is 9.10. The van der Waals surface area contributed by atoms with E-state index in [1.165, 1.54) is 10.9 Å². The fraction of sp³-hybridized carbons (Fsp3) is 0.0625. The second-order valence-corrected chi connectivity index (χ2v) is 5.47. The molecule has 0 aliphatic rings. The Bertz CT molecular complexity index is 799. The summed E-state index contributed by atoms with van der Waals surface area (Å²) in [5.74, 6) is 0. The van der Waals surface area contributed by atoms with Gasteiger partial charge in [-0.05, 0) is 41.3 Å². The highest BCUT2D eigenvalue weighted by Crippen LogP contribution is 2.21. The summed E-state index contributed by atoms with van der Waals surface area (Å²) in [5.41, 5.74) is 3.79. The van der Waals surface area contributed by atoms with Crippen molar-refractivity contribution in [2.75, 3.05) is 5.32 Å². The van der Waals surface area contributed by atoms with Crippen molar-refractivity contribution in [3.63, 3.8) is 0 Å². The summed E-state index contributed by atoms with van der Waals surface area (Å²) < 4.78 is 0.910. The lowest BCUT2D eigenvalue weighted by Gasteiger charge is -2.09. The number of halogens is 1. The lowest BCUT2D eigenvalue weighted by atomic mass is 10.1. The third-order valence-electron chi connectivity index (χ3n) is 3.20. The Morgan fingerprint density at radius 3 is 2.90 bits per heavy atom. The number of nitrogens with one attached hydrogen (secondary N) is 2. The Hall–Kier alpha value is -2.25. The summed E-state index contributed by atoms with van der Waals surface area (Å²) in [5, 5.41) is 13.6. The van der Waals surface area contributed by atoms with Crippen LogP contribution in [-0.4, -0.2) is 4.98 Å². The van der Waals surface area contributed by atoms with E-state index in [9.17, 15) is 0 Å². The first kappa shape index (κ1) is 12.8. The number of hydrogen-bond donors (Lipinski definition) is 2. The SMILES string of the molecule is N#Cc1cc(Br)ccc1NCc1ccc2cc[nH]c2c1. The number of fused-ring (bicyclic) bond motifs is 1. The van der Waals surface area contributed by atoms with Crippen LogP contribution < -0.4 is 5.32 Å². The maximum atomic E-state index is 9.14. The van der Waals surface area contributed by atoms with Crippen LogP contribution in [0.4, 0.5) is 5.69 Å². The molecule has 1 aromatic heterocycles. The third-order valence-corrected chi connectivity index (χ3v) is 3.70. The summed E-state index contributed by atoms with van der Waals surface area (Å²) in [6.07, 6.45) is 1.93. The Morgan fingerprint density at radius 1 is 1.15 bits per heavy atom. The molecule has 3 rings (SSSR count). The quantitative estimate of drug-likeness (QED) is 0.749. The van der Waals surface area contributed by atoms with Crippen LogP contribution >= 0.6 is 15.9 Å². The number of benzene rings is 2. The molecule has 0 bridgehead atoms. The molecule has 0 unspecified atom stereocenters. The lowest BCUT2D eigenvalue weighted by Crippen LogP contribution is -2.01. The number of nitrogens with zero attached hydrogens (tertiary/aromatic N) is 1. The van der Waals surface area contributed by atoms with Crippen molar-refractivity contribution in [3.8, 4) is 6.07 Å². The van der Waals surface area contributed by atoms with Crippen LogP contribution in [-0.2, 0) is 6.54 Å². The first-order valence-electron chi connectivity index (χ1n) is 6.26. The number of nitriles is 1. The molecule has 0 fully saturated rings. The smallest absolute Gasteiger partial charge is 0.101 e.